The summed E-state index contributed by atoms with van der Waals surface area (Å²) in [6, 6.07) is 8.29. The summed E-state index contributed by atoms with van der Waals surface area (Å²) in [4.78, 5) is 4.06. The van der Waals surface area contributed by atoms with Crippen LogP contribution < -0.4 is 11.1 Å². The average Bonchev–Trinajstić information content (AvgIpc) is 2.22. The molecule has 0 saturated carbocycles. The van der Waals surface area contributed by atoms with Gasteiger partial charge in [-0.1, -0.05) is 25.5 Å². The van der Waals surface area contributed by atoms with Crippen molar-refractivity contribution in [3.8, 4) is 0 Å². The van der Waals surface area contributed by atoms with Crippen molar-refractivity contribution in [1.82, 2.24) is 0 Å². The number of nitrogens with two attached hydrogens (primary N) is 1. The number of aryl methyl sites for hydroxylation is 1. The van der Waals surface area contributed by atoms with Crippen LogP contribution in [0.15, 0.2) is 29.3 Å². The molecule has 0 amide bonds. The number of nitrogens with one attached hydrogen (secondary N) is 1. The van der Waals surface area contributed by atoms with Crippen molar-refractivity contribution in [3.05, 3.63) is 29.8 Å². The molecule has 3 N–H and O–H groups in total. The van der Waals surface area contributed by atoms with Crippen molar-refractivity contribution in [3.63, 3.8) is 0 Å². The van der Waals surface area contributed by atoms with Gasteiger partial charge in [0.1, 0.15) is 0 Å². The molecule has 0 aliphatic heterocycles. The molecule has 0 atom stereocenters. The molecule has 82 valence electrons. The molecule has 15 heavy (non-hydrogen) atoms. The van der Waals surface area contributed by atoms with Crippen LogP contribution in [0.3, 0.4) is 0 Å². The maximum Gasteiger partial charge on any atom is 0.193 e. The minimum absolute atomic E-state index is 0.473. The molecule has 0 aliphatic rings. The van der Waals surface area contributed by atoms with E-state index in [0.717, 1.165) is 12.1 Å². The van der Waals surface area contributed by atoms with E-state index in [2.05, 4.69) is 29.4 Å². The summed E-state index contributed by atoms with van der Waals surface area (Å²) in [5, 5.41) is 3.04. The van der Waals surface area contributed by atoms with Crippen LogP contribution in [0, 0.1) is 0 Å². The van der Waals surface area contributed by atoms with Crippen LogP contribution in [0.5, 0.6) is 0 Å². The van der Waals surface area contributed by atoms with Crippen LogP contribution >= 0.6 is 0 Å². The molecule has 0 unspecified atom stereocenters. The quantitative estimate of drug-likeness (QED) is 0.585. The standard InChI is InChI=1S/C12H19N3/c1-3-5-10-6-8-11(9-7-10)15-12(13)14-4-2/h6-9H,3-5H2,1-2H3,(H3,13,14,15). The first-order valence-electron chi connectivity index (χ1n) is 5.42. The van der Waals surface area contributed by atoms with E-state index >= 15 is 0 Å². The smallest absolute Gasteiger partial charge is 0.193 e. The summed E-state index contributed by atoms with van der Waals surface area (Å²) in [5.74, 6) is 0.473. The van der Waals surface area contributed by atoms with Crippen molar-refractivity contribution in [1.29, 1.82) is 0 Å². The van der Waals surface area contributed by atoms with Gasteiger partial charge < -0.3 is 11.1 Å². The van der Waals surface area contributed by atoms with E-state index in [4.69, 9.17) is 5.73 Å². The minimum Gasteiger partial charge on any atom is -0.370 e. The molecule has 0 aliphatic carbocycles. The SMILES string of the molecule is CCCc1ccc(NC(N)=NCC)cc1. The Bertz CT molecular complexity index is 314. The molecule has 0 heterocycles. The van der Waals surface area contributed by atoms with Gasteiger partial charge >= 0.3 is 0 Å². The van der Waals surface area contributed by atoms with Gasteiger partial charge in [0.25, 0.3) is 0 Å². The van der Waals surface area contributed by atoms with Gasteiger partial charge in [0.15, 0.2) is 5.96 Å². The molecule has 0 saturated heterocycles. The lowest BCUT2D eigenvalue weighted by Crippen LogP contribution is -2.22. The zero-order chi connectivity index (χ0) is 11.1. The predicted octanol–water partition coefficient (Wildman–Crippen LogP) is 2.39. The van der Waals surface area contributed by atoms with Crippen molar-refractivity contribution >= 4 is 11.6 Å². The molecule has 0 bridgehead atoms. The number of hydrogen-bond acceptors (Lipinski definition) is 1. The Morgan fingerprint density at radius 2 is 1.93 bits per heavy atom. The van der Waals surface area contributed by atoms with Crippen LogP contribution in [-0.4, -0.2) is 12.5 Å². The molecular formula is C12H19N3. The lowest BCUT2D eigenvalue weighted by atomic mass is 10.1. The number of guanidine groups is 1. The van der Waals surface area contributed by atoms with E-state index in [-0.39, 0.29) is 0 Å². The van der Waals surface area contributed by atoms with Crippen LogP contribution in [-0.2, 0) is 6.42 Å². The van der Waals surface area contributed by atoms with Gasteiger partial charge in [-0.25, -0.2) is 0 Å². The van der Waals surface area contributed by atoms with Gasteiger partial charge in [-0.05, 0) is 31.0 Å². The zero-order valence-electron chi connectivity index (χ0n) is 9.46. The molecule has 3 nitrogen and oxygen atoms in total. The normalized spacial score (nSPS) is 11.5. The first-order valence-corrected chi connectivity index (χ1v) is 5.42. The van der Waals surface area contributed by atoms with E-state index in [9.17, 15) is 0 Å². The largest absolute Gasteiger partial charge is 0.370 e. The fourth-order valence-electron chi connectivity index (χ4n) is 1.40. The average molecular weight is 205 g/mol. The summed E-state index contributed by atoms with van der Waals surface area (Å²) < 4.78 is 0. The van der Waals surface area contributed by atoms with Gasteiger partial charge in [-0.2, -0.15) is 0 Å². The van der Waals surface area contributed by atoms with Crippen molar-refractivity contribution in [2.45, 2.75) is 26.7 Å². The van der Waals surface area contributed by atoms with Crippen molar-refractivity contribution in [2.24, 2.45) is 10.7 Å². The summed E-state index contributed by atoms with van der Waals surface area (Å²) >= 11 is 0. The predicted molar refractivity (Wildman–Crippen MR) is 66.2 cm³/mol. The third kappa shape index (κ3) is 4.02. The Morgan fingerprint density at radius 3 is 2.47 bits per heavy atom. The first-order chi connectivity index (χ1) is 7.26. The molecule has 1 aromatic carbocycles. The summed E-state index contributed by atoms with van der Waals surface area (Å²) in [7, 11) is 0. The number of hydrogen-bond donors (Lipinski definition) is 2. The lowest BCUT2D eigenvalue weighted by Gasteiger charge is -2.06. The maximum absolute atomic E-state index is 5.65. The highest BCUT2D eigenvalue weighted by Crippen LogP contribution is 2.10. The van der Waals surface area contributed by atoms with Gasteiger partial charge in [-0.3, -0.25) is 4.99 Å². The summed E-state index contributed by atoms with van der Waals surface area (Å²) in [6.07, 6.45) is 2.30. The molecule has 0 spiro atoms. The topological polar surface area (TPSA) is 50.4 Å². The highest BCUT2D eigenvalue weighted by molar-refractivity contribution is 5.92. The fraction of sp³-hybridized carbons (Fsp3) is 0.417. The zero-order valence-corrected chi connectivity index (χ0v) is 9.46. The van der Waals surface area contributed by atoms with Crippen LogP contribution in [0.2, 0.25) is 0 Å². The maximum atomic E-state index is 5.65. The fourth-order valence-corrected chi connectivity index (χ4v) is 1.40. The monoisotopic (exact) mass is 205 g/mol. The Morgan fingerprint density at radius 1 is 1.27 bits per heavy atom. The molecule has 3 heteroatoms. The second kappa shape index (κ2) is 6.06. The van der Waals surface area contributed by atoms with E-state index in [1.165, 1.54) is 12.0 Å². The second-order valence-corrected chi connectivity index (χ2v) is 3.43. The molecular weight excluding hydrogens is 186 g/mol. The second-order valence-electron chi connectivity index (χ2n) is 3.43. The Balaban J connectivity index is 2.60. The highest BCUT2D eigenvalue weighted by Gasteiger charge is 1.95. The lowest BCUT2D eigenvalue weighted by molar-refractivity contribution is 0.922. The third-order valence-corrected chi connectivity index (χ3v) is 2.09. The molecule has 1 aromatic rings. The van der Waals surface area contributed by atoms with Crippen molar-refractivity contribution < 1.29 is 0 Å². The Kier molecular flexibility index (Phi) is 4.68. The summed E-state index contributed by atoms with van der Waals surface area (Å²) in [5.41, 5.74) is 8.00. The van der Waals surface area contributed by atoms with E-state index in [1.54, 1.807) is 0 Å². The van der Waals surface area contributed by atoms with Gasteiger partial charge in [-0.15, -0.1) is 0 Å². The third-order valence-electron chi connectivity index (χ3n) is 2.09. The van der Waals surface area contributed by atoms with Gasteiger partial charge in [0.2, 0.25) is 0 Å². The van der Waals surface area contributed by atoms with Crippen LogP contribution in [0.25, 0.3) is 0 Å². The van der Waals surface area contributed by atoms with Gasteiger partial charge in [0.05, 0.1) is 0 Å². The number of nitrogens with zero attached hydrogens (tertiary/aromatic N) is 1. The molecule has 1 rings (SSSR count). The molecule has 0 aromatic heterocycles. The minimum atomic E-state index is 0.473. The Hall–Kier alpha value is -1.51. The highest BCUT2D eigenvalue weighted by atomic mass is 15.1. The van der Waals surface area contributed by atoms with E-state index in [0.29, 0.717) is 12.5 Å². The number of rotatable bonds is 4. The molecule has 0 fully saturated rings. The Labute approximate surface area is 91.4 Å². The summed E-state index contributed by atoms with van der Waals surface area (Å²) in [6.45, 7) is 4.84. The van der Waals surface area contributed by atoms with Crippen molar-refractivity contribution in [2.75, 3.05) is 11.9 Å². The van der Waals surface area contributed by atoms with Gasteiger partial charge in [0, 0.05) is 12.2 Å². The first kappa shape index (κ1) is 11.6. The van der Waals surface area contributed by atoms with E-state index in [1.807, 2.05) is 19.1 Å². The van der Waals surface area contributed by atoms with Crippen LogP contribution in [0.1, 0.15) is 25.8 Å². The van der Waals surface area contributed by atoms with Crippen LogP contribution in [0.4, 0.5) is 5.69 Å². The number of aliphatic imine (C=N–C) groups is 1. The molecule has 0 radical (unpaired) electrons. The number of benzene rings is 1. The number of anilines is 1. The van der Waals surface area contributed by atoms with E-state index < -0.39 is 0 Å².